The zero-order valence-corrected chi connectivity index (χ0v) is 16.1. The highest BCUT2D eigenvalue weighted by Crippen LogP contribution is 2.27. The summed E-state index contributed by atoms with van der Waals surface area (Å²) in [6.45, 7) is 4.26. The maximum Gasteiger partial charge on any atom is 0.226 e. The van der Waals surface area contributed by atoms with Gasteiger partial charge in [-0.3, -0.25) is 14.8 Å². The van der Waals surface area contributed by atoms with Crippen LogP contribution in [0.25, 0.3) is 0 Å². The number of hydrogen-bond acceptors (Lipinski definition) is 5. The van der Waals surface area contributed by atoms with Gasteiger partial charge in [0.25, 0.3) is 0 Å². The minimum atomic E-state index is -0.130. The summed E-state index contributed by atoms with van der Waals surface area (Å²) in [5, 5.41) is 6.43. The van der Waals surface area contributed by atoms with Crippen molar-refractivity contribution in [3.05, 3.63) is 65.0 Å². The molecule has 0 unspecified atom stereocenters. The molecule has 4 rings (SSSR count). The predicted molar refractivity (Wildman–Crippen MR) is 108 cm³/mol. The molecule has 146 valence electrons. The molecule has 2 aliphatic heterocycles. The van der Waals surface area contributed by atoms with Crippen molar-refractivity contribution in [3.63, 3.8) is 0 Å². The molecule has 2 atom stereocenters. The predicted octanol–water partition coefficient (Wildman–Crippen LogP) is 2.53. The third-order valence-electron chi connectivity index (χ3n) is 5.21. The normalized spacial score (nSPS) is 19.0. The number of carbonyl (C=O) groups excluding carboxylic acids is 1. The number of nitrogens with zero attached hydrogens (tertiary/aromatic N) is 2. The monoisotopic (exact) mass is 378 g/mol. The molecule has 0 aliphatic carbocycles. The highest BCUT2D eigenvalue weighted by molar-refractivity contribution is 6.01. The van der Waals surface area contributed by atoms with E-state index in [1.807, 2.05) is 49.5 Å². The first-order valence-electron chi connectivity index (χ1n) is 9.97. The first kappa shape index (κ1) is 18.6. The van der Waals surface area contributed by atoms with Gasteiger partial charge in [-0.1, -0.05) is 30.3 Å². The van der Waals surface area contributed by atoms with Crippen LogP contribution in [-0.4, -0.2) is 36.0 Å². The van der Waals surface area contributed by atoms with Crippen molar-refractivity contribution < 1.29 is 9.53 Å². The molecule has 0 saturated carbocycles. The standard InChI is InChI=1S/C22H26N4O2/c1-2-23-22-18-14-24-17(11-16(18)13-25-22)12-20(27)26-21(19-9-6-10-28-19)15-7-4-3-5-8-15/h3-5,7-8,11,14,19,21H,2,6,9-10,12-13H2,1H3,(H,23,25)(H,26,27)/t19-,21-/m0/s1. The molecule has 2 aromatic rings. The third kappa shape index (κ3) is 4.07. The maximum absolute atomic E-state index is 12.8. The zero-order chi connectivity index (χ0) is 19.3. The molecule has 1 aromatic carbocycles. The Morgan fingerprint density at radius 1 is 1.32 bits per heavy atom. The maximum atomic E-state index is 12.8. The lowest BCUT2D eigenvalue weighted by Gasteiger charge is -2.24. The van der Waals surface area contributed by atoms with E-state index in [9.17, 15) is 4.79 Å². The van der Waals surface area contributed by atoms with Gasteiger partial charge < -0.3 is 15.4 Å². The Hall–Kier alpha value is -2.73. The Morgan fingerprint density at radius 2 is 2.18 bits per heavy atom. The first-order valence-corrected chi connectivity index (χ1v) is 9.97. The van der Waals surface area contributed by atoms with E-state index >= 15 is 0 Å². The average Bonchev–Trinajstić information content (AvgIpc) is 3.37. The molecule has 2 N–H and O–H groups in total. The van der Waals surface area contributed by atoms with Gasteiger partial charge in [0.2, 0.25) is 5.91 Å². The zero-order valence-electron chi connectivity index (χ0n) is 16.1. The van der Waals surface area contributed by atoms with E-state index < -0.39 is 0 Å². The van der Waals surface area contributed by atoms with Gasteiger partial charge in [0.1, 0.15) is 5.84 Å². The van der Waals surface area contributed by atoms with E-state index in [-0.39, 0.29) is 24.5 Å². The molecule has 6 nitrogen and oxygen atoms in total. The highest BCUT2D eigenvalue weighted by atomic mass is 16.5. The van der Waals surface area contributed by atoms with Gasteiger partial charge in [0.15, 0.2) is 0 Å². The number of fused-ring (bicyclic) bond motifs is 1. The van der Waals surface area contributed by atoms with E-state index in [2.05, 4.69) is 20.6 Å². The number of hydrogen-bond donors (Lipinski definition) is 2. The van der Waals surface area contributed by atoms with E-state index in [1.54, 1.807) is 0 Å². The number of carbonyl (C=O) groups is 1. The smallest absolute Gasteiger partial charge is 0.226 e. The van der Waals surface area contributed by atoms with E-state index in [0.29, 0.717) is 6.54 Å². The van der Waals surface area contributed by atoms with Gasteiger partial charge in [-0.05, 0) is 37.0 Å². The molecule has 0 radical (unpaired) electrons. The quantitative estimate of drug-likeness (QED) is 0.810. The lowest BCUT2D eigenvalue weighted by molar-refractivity contribution is -0.122. The van der Waals surface area contributed by atoms with Crippen molar-refractivity contribution in [2.75, 3.05) is 13.2 Å². The van der Waals surface area contributed by atoms with Crippen LogP contribution in [0.3, 0.4) is 0 Å². The van der Waals surface area contributed by atoms with Crippen molar-refractivity contribution in [2.24, 2.45) is 4.99 Å². The SMILES string of the molecule is CCNC1=NCc2cc(CC(=O)N[C@@H](c3ccccc3)[C@@H]3CCCO3)ncc21. The summed E-state index contributed by atoms with van der Waals surface area (Å²) in [6.07, 6.45) is 4.09. The van der Waals surface area contributed by atoms with Gasteiger partial charge in [0, 0.05) is 24.9 Å². The number of amides is 1. The summed E-state index contributed by atoms with van der Waals surface area (Å²) in [6, 6.07) is 11.9. The van der Waals surface area contributed by atoms with E-state index in [4.69, 9.17) is 4.74 Å². The number of benzene rings is 1. The lowest BCUT2D eigenvalue weighted by atomic mass is 9.99. The van der Waals surface area contributed by atoms with Gasteiger partial charge in [0.05, 0.1) is 30.8 Å². The molecule has 1 amide bonds. The molecular formula is C22H26N4O2. The second-order valence-electron chi connectivity index (χ2n) is 7.21. The van der Waals surface area contributed by atoms with Crippen LogP contribution in [0.1, 0.15) is 48.2 Å². The van der Waals surface area contributed by atoms with Crippen molar-refractivity contribution >= 4 is 11.7 Å². The third-order valence-corrected chi connectivity index (χ3v) is 5.21. The average molecular weight is 378 g/mol. The van der Waals surface area contributed by atoms with Crippen LogP contribution in [0.5, 0.6) is 0 Å². The van der Waals surface area contributed by atoms with Gasteiger partial charge in [-0.15, -0.1) is 0 Å². The van der Waals surface area contributed by atoms with Crippen LogP contribution >= 0.6 is 0 Å². The van der Waals surface area contributed by atoms with E-state index in [0.717, 1.165) is 54.2 Å². The second-order valence-corrected chi connectivity index (χ2v) is 7.21. The summed E-state index contributed by atoms with van der Waals surface area (Å²) >= 11 is 0. The van der Waals surface area contributed by atoms with Gasteiger partial charge in [-0.25, -0.2) is 0 Å². The molecule has 1 fully saturated rings. The fraction of sp³-hybridized carbons (Fsp3) is 0.409. The lowest BCUT2D eigenvalue weighted by Crippen LogP contribution is -2.37. The van der Waals surface area contributed by atoms with Gasteiger partial charge in [-0.2, -0.15) is 0 Å². The number of nitrogens with one attached hydrogen (secondary N) is 2. The highest BCUT2D eigenvalue weighted by Gasteiger charge is 2.28. The van der Waals surface area contributed by atoms with Crippen LogP contribution in [-0.2, 0) is 22.5 Å². The Morgan fingerprint density at radius 3 is 2.93 bits per heavy atom. The molecular weight excluding hydrogens is 352 g/mol. The number of ether oxygens (including phenoxy) is 1. The Balaban J connectivity index is 1.44. The molecule has 6 heteroatoms. The van der Waals surface area contributed by atoms with Crippen LogP contribution in [0.2, 0.25) is 0 Å². The summed E-state index contributed by atoms with van der Waals surface area (Å²) in [7, 11) is 0. The molecule has 2 aliphatic rings. The summed E-state index contributed by atoms with van der Waals surface area (Å²) < 4.78 is 5.86. The van der Waals surface area contributed by atoms with Crippen LogP contribution in [0, 0.1) is 0 Å². The number of rotatable bonds is 6. The fourth-order valence-electron chi connectivity index (χ4n) is 3.86. The molecule has 1 saturated heterocycles. The number of aliphatic imine (C=N–C) groups is 1. The summed E-state index contributed by atoms with van der Waals surface area (Å²) in [5.41, 5.74) is 4.00. The molecule has 1 aromatic heterocycles. The number of aromatic nitrogens is 1. The minimum Gasteiger partial charge on any atom is -0.376 e. The van der Waals surface area contributed by atoms with Crippen molar-refractivity contribution in [3.8, 4) is 0 Å². The Kier molecular flexibility index (Phi) is 5.67. The summed E-state index contributed by atoms with van der Waals surface area (Å²) in [4.78, 5) is 21.8. The van der Waals surface area contributed by atoms with Crippen molar-refractivity contribution in [1.82, 2.24) is 15.6 Å². The first-order chi connectivity index (χ1) is 13.7. The number of pyridine rings is 1. The Labute approximate surface area is 165 Å². The fourth-order valence-corrected chi connectivity index (χ4v) is 3.86. The van der Waals surface area contributed by atoms with Crippen LogP contribution in [0.15, 0.2) is 47.6 Å². The minimum absolute atomic E-state index is 0.0235. The number of amidine groups is 1. The van der Waals surface area contributed by atoms with Crippen LogP contribution in [0.4, 0.5) is 0 Å². The molecule has 0 spiro atoms. The second kappa shape index (κ2) is 8.52. The molecule has 3 heterocycles. The largest absolute Gasteiger partial charge is 0.376 e. The van der Waals surface area contributed by atoms with Gasteiger partial charge >= 0.3 is 0 Å². The van der Waals surface area contributed by atoms with Crippen molar-refractivity contribution in [1.29, 1.82) is 0 Å². The molecule has 0 bridgehead atoms. The topological polar surface area (TPSA) is 75.6 Å². The summed E-state index contributed by atoms with van der Waals surface area (Å²) in [5.74, 6) is 0.853. The Bertz CT molecular complexity index is 860. The molecule has 28 heavy (non-hydrogen) atoms. The van der Waals surface area contributed by atoms with Crippen LogP contribution < -0.4 is 10.6 Å². The van der Waals surface area contributed by atoms with E-state index in [1.165, 1.54) is 0 Å². The van der Waals surface area contributed by atoms with Crippen molar-refractivity contribution in [2.45, 2.75) is 44.9 Å².